The number of hydrogen-bond donors (Lipinski definition) is 0. The lowest BCUT2D eigenvalue weighted by molar-refractivity contribution is -0.138. The predicted octanol–water partition coefficient (Wildman–Crippen LogP) is 1.96. The van der Waals surface area contributed by atoms with E-state index in [2.05, 4.69) is 0 Å². The van der Waals surface area contributed by atoms with E-state index in [9.17, 15) is 26.4 Å². The Hall–Kier alpha value is -1.57. The zero-order valence-electron chi connectivity index (χ0n) is 11.2. The molecule has 0 saturated carbocycles. The number of benzene rings is 1. The number of sulfone groups is 1. The van der Waals surface area contributed by atoms with Crippen molar-refractivity contribution in [2.75, 3.05) is 18.6 Å². The van der Waals surface area contributed by atoms with Gasteiger partial charge in [-0.25, -0.2) is 8.42 Å². The Balaban J connectivity index is 2.29. The predicted molar refractivity (Wildman–Crippen MR) is 70.6 cm³/mol. The van der Waals surface area contributed by atoms with Crippen LogP contribution in [0, 0.1) is 0 Å². The molecule has 2 rings (SSSR count). The topological polar surface area (TPSA) is 54.5 Å². The molecule has 0 bridgehead atoms. The minimum atomic E-state index is -4.63. The first-order valence-corrected chi connectivity index (χ1v) is 8.08. The molecule has 1 fully saturated rings. The van der Waals surface area contributed by atoms with Gasteiger partial charge in [0.25, 0.3) is 5.91 Å². The van der Waals surface area contributed by atoms with Gasteiger partial charge in [0.2, 0.25) is 0 Å². The molecule has 1 aliphatic rings. The van der Waals surface area contributed by atoms with E-state index in [1.807, 2.05) is 0 Å². The number of amides is 1. The van der Waals surface area contributed by atoms with E-state index in [0.29, 0.717) is 0 Å². The third kappa shape index (κ3) is 3.37. The Morgan fingerprint density at radius 1 is 1.29 bits per heavy atom. The summed E-state index contributed by atoms with van der Waals surface area (Å²) in [6.45, 7) is 0. The molecular weight excluding hydrogens is 307 g/mol. The smallest absolute Gasteiger partial charge is 0.338 e. The summed E-state index contributed by atoms with van der Waals surface area (Å²) in [5.41, 5.74) is -1.47. The van der Waals surface area contributed by atoms with E-state index in [4.69, 9.17) is 0 Å². The molecule has 21 heavy (non-hydrogen) atoms. The lowest BCUT2D eigenvalue weighted by Gasteiger charge is -2.24. The molecule has 1 atom stereocenters. The molecule has 1 aromatic carbocycles. The average molecular weight is 321 g/mol. The summed E-state index contributed by atoms with van der Waals surface area (Å²) in [6, 6.07) is 3.92. The van der Waals surface area contributed by atoms with Crippen LogP contribution in [0.3, 0.4) is 0 Å². The van der Waals surface area contributed by atoms with Crippen LogP contribution in [0.2, 0.25) is 0 Å². The molecule has 116 valence electrons. The quantitative estimate of drug-likeness (QED) is 0.837. The Morgan fingerprint density at radius 3 is 2.43 bits per heavy atom. The van der Waals surface area contributed by atoms with Crippen molar-refractivity contribution in [3.8, 4) is 0 Å². The number of rotatable bonds is 2. The molecule has 0 N–H and O–H groups in total. The van der Waals surface area contributed by atoms with Crippen LogP contribution in [0.1, 0.15) is 22.3 Å². The number of hydrogen-bond acceptors (Lipinski definition) is 3. The van der Waals surface area contributed by atoms with E-state index in [1.54, 1.807) is 0 Å². The van der Waals surface area contributed by atoms with E-state index >= 15 is 0 Å². The number of alkyl halides is 3. The summed E-state index contributed by atoms with van der Waals surface area (Å²) >= 11 is 0. The minimum absolute atomic E-state index is 0.0454. The van der Waals surface area contributed by atoms with Gasteiger partial charge in [-0.05, 0) is 18.6 Å². The molecule has 0 aliphatic carbocycles. The van der Waals surface area contributed by atoms with Crippen molar-refractivity contribution < 1.29 is 26.4 Å². The molecule has 1 aromatic rings. The van der Waals surface area contributed by atoms with Gasteiger partial charge < -0.3 is 4.90 Å². The van der Waals surface area contributed by atoms with E-state index in [1.165, 1.54) is 19.2 Å². The second kappa shape index (κ2) is 5.32. The summed E-state index contributed by atoms with van der Waals surface area (Å²) in [7, 11) is -1.88. The zero-order chi connectivity index (χ0) is 15.8. The number of halogens is 3. The molecular formula is C13H14F3NO3S. The van der Waals surface area contributed by atoms with Crippen LogP contribution in [0.25, 0.3) is 0 Å². The maximum absolute atomic E-state index is 12.9. The van der Waals surface area contributed by atoms with Gasteiger partial charge in [0, 0.05) is 13.1 Å². The first kappa shape index (κ1) is 15.8. The fraction of sp³-hybridized carbons (Fsp3) is 0.462. The molecule has 1 amide bonds. The van der Waals surface area contributed by atoms with E-state index in [-0.39, 0.29) is 17.9 Å². The summed E-state index contributed by atoms with van der Waals surface area (Å²) in [5.74, 6) is -1.07. The zero-order valence-corrected chi connectivity index (χ0v) is 12.0. The normalized spacial score (nSPS) is 21.2. The molecule has 1 saturated heterocycles. The summed E-state index contributed by atoms with van der Waals surface area (Å²) in [6.07, 6.45) is -4.38. The van der Waals surface area contributed by atoms with Crippen LogP contribution in [0.5, 0.6) is 0 Å². The second-order valence-corrected chi connectivity index (χ2v) is 7.24. The van der Waals surface area contributed by atoms with E-state index in [0.717, 1.165) is 17.0 Å². The average Bonchev–Trinajstić information content (AvgIpc) is 2.76. The van der Waals surface area contributed by atoms with Crippen LogP contribution >= 0.6 is 0 Å². The Morgan fingerprint density at radius 2 is 1.90 bits per heavy atom. The number of carbonyl (C=O) groups excluding carboxylic acids is 1. The molecule has 4 nitrogen and oxygen atoms in total. The first-order valence-electron chi connectivity index (χ1n) is 6.25. The van der Waals surface area contributed by atoms with Crippen LogP contribution in [-0.4, -0.2) is 43.8 Å². The molecule has 0 radical (unpaired) electrons. The van der Waals surface area contributed by atoms with Gasteiger partial charge in [-0.3, -0.25) is 4.79 Å². The largest absolute Gasteiger partial charge is 0.417 e. The first-order chi connectivity index (χ1) is 9.62. The number of nitrogens with zero attached hydrogens (tertiary/aromatic N) is 1. The molecule has 0 aromatic heterocycles. The highest BCUT2D eigenvalue weighted by Gasteiger charge is 2.38. The summed E-state index contributed by atoms with van der Waals surface area (Å²) in [4.78, 5) is 13.3. The van der Waals surface area contributed by atoms with Crippen molar-refractivity contribution in [2.24, 2.45) is 0 Å². The maximum atomic E-state index is 12.9. The third-order valence-corrected chi connectivity index (χ3v) is 5.29. The highest BCUT2D eigenvalue weighted by Crippen LogP contribution is 2.32. The SMILES string of the molecule is CN(C(=O)c1ccccc1C(F)(F)F)C1CCS(=O)(=O)C1. The van der Waals surface area contributed by atoms with Crippen molar-refractivity contribution in [1.82, 2.24) is 4.90 Å². The van der Waals surface area contributed by atoms with E-state index < -0.39 is 39.1 Å². The number of carbonyl (C=O) groups is 1. The van der Waals surface area contributed by atoms with Crippen molar-refractivity contribution >= 4 is 15.7 Å². The fourth-order valence-corrected chi connectivity index (χ4v) is 4.13. The van der Waals surface area contributed by atoms with Gasteiger partial charge in [-0.1, -0.05) is 12.1 Å². The Bertz CT molecular complexity index is 655. The van der Waals surface area contributed by atoms with Crippen LogP contribution < -0.4 is 0 Å². The molecule has 8 heteroatoms. The summed E-state index contributed by atoms with van der Waals surface area (Å²) < 4.78 is 61.5. The van der Waals surface area contributed by atoms with Crippen molar-refractivity contribution in [3.05, 3.63) is 35.4 Å². The van der Waals surface area contributed by atoms with Gasteiger partial charge in [0.15, 0.2) is 9.84 Å². The standard InChI is InChI=1S/C13H14F3NO3S/c1-17(9-6-7-21(19,20)8-9)12(18)10-4-2-3-5-11(10)13(14,15)16/h2-5,9H,6-8H2,1H3. The molecule has 1 unspecified atom stereocenters. The third-order valence-electron chi connectivity index (χ3n) is 3.54. The highest BCUT2D eigenvalue weighted by molar-refractivity contribution is 7.91. The molecule has 1 aliphatic heterocycles. The maximum Gasteiger partial charge on any atom is 0.417 e. The monoisotopic (exact) mass is 321 g/mol. The van der Waals surface area contributed by atoms with Crippen molar-refractivity contribution in [1.29, 1.82) is 0 Å². The summed E-state index contributed by atoms with van der Waals surface area (Å²) in [5, 5.41) is 0. The van der Waals surface area contributed by atoms with Gasteiger partial charge in [0.05, 0.1) is 22.6 Å². The van der Waals surface area contributed by atoms with Crippen molar-refractivity contribution in [3.63, 3.8) is 0 Å². The minimum Gasteiger partial charge on any atom is -0.338 e. The fourth-order valence-electron chi connectivity index (χ4n) is 2.35. The van der Waals surface area contributed by atoms with Gasteiger partial charge >= 0.3 is 6.18 Å². The highest BCUT2D eigenvalue weighted by atomic mass is 32.2. The van der Waals surface area contributed by atoms with Gasteiger partial charge in [-0.2, -0.15) is 13.2 Å². The van der Waals surface area contributed by atoms with Gasteiger partial charge in [-0.15, -0.1) is 0 Å². The van der Waals surface area contributed by atoms with Crippen molar-refractivity contribution in [2.45, 2.75) is 18.6 Å². The Kier molecular flexibility index (Phi) is 4.01. The molecule has 0 spiro atoms. The lowest BCUT2D eigenvalue weighted by atomic mass is 10.0. The van der Waals surface area contributed by atoms with Crippen LogP contribution in [-0.2, 0) is 16.0 Å². The second-order valence-electron chi connectivity index (χ2n) is 5.02. The van der Waals surface area contributed by atoms with Gasteiger partial charge in [0.1, 0.15) is 0 Å². The molecule has 1 heterocycles. The Labute approximate surface area is 120 Å². The van der Waals surface area contributed by atoms with Crippen LogP contribution in [0.15, 0.2) is 24.3 Å². The van der Waals surface area contributed by atoms with Crippen LogP contribution in [0.4, 0.5) is 13.2 Å². The lowest BCUT2D eigenvalue weighted by Crippen LogP contribution is -2.38.